The van der Waals surface area contributed by atoms with Crippen molar-refractivity contribution in [3.63, 3.8) is 0 Å². The number of nitrogens with one attached hydrogen (secondary N) is 1. The number of Topliss-reactive ketones (excluding diaryl/α,β-unsaturated/α-hetero) is 1. The number of carbonyl (C=O) groups is 2. The Kier molecular flexibility index (Phi) is 11.5. The highest BCUT2D eigenvalue weighted by Crippen LogP contribution is 2.37. The maximum absolute atomic E-state index is 13.1. The third-order valence-corrected chi connectivity index (χ3v) is 11.7. The summed E-state index contributed by atoms with van der Waals surface area (Å²) in [6, 6.07) is 28.0. The van der Waals surface area contributed by atoms with E-state index in [9.17, 15) is 9.59 Å². The molecule has 0 heterocycles. The van der Waals surface area contributed by atoms with Crippen LogP contribution in [0.2, 0.25) is 5.04 Å². The number of benzene rings is 3. The van der Waals surface area contributed by atoms with Gasteiger partial charge in [-0.25, -0.2) is 4.79 Å². The van der Waals surface area contributed by atoms with Crippen LogP contribution in [0, 0.1) is 0 Å². The van der Waals surface area contributed by atoms with Gasteiger partial charge in [-0.2, -0.15) is 4.79 Å². The van der Waals surface area contributed by atoms with Gasteiger partial charge < -0.3 is 24.7 Å². The van der Waals surface area contributed by atoms with Gasteiger partial charge in [0.05, 0.1) is 13.2 Å². The molecule has 3 aromatic rings. The van der Waals surface area contributed by atoms with Crippen molar-refractivity contribution >= 4 is 36.8 Å². The average Bonchev–Trinajstić information content (AvgIpc) is 2.98. The lowest BCUT2D eigenvalue weighted by Gasteiger charge is -2.44. The highest BCUT2D eigenvalue weighted by molar-refractivity contribution is 6.99. The van der Waals surface area contributed by atoms with E-state index in [1.165, 1.54) is 0 Å². The Labute approximate surface area is 242 Å². The van der Waals surface area contributed by atoms with E-state index in [0.29, 0.717) is 0 Å². The second-order valence-corrected chi connectivity index (χ2v) is 14.8. The van der Waals surface area contributed by atoms with E-state index in [2.05, 4.69) is 61.7 Å². The predicted molar refractivity (Wildman–Crippen MR) is 162 cm³/mol. The average molecular weight is 572 g/mol. The lowest BCUT2D eigenvalue weighted by Crippen LogP contribution is -2.67. The minimum absolute atomic E-state index is 0.0123. The number of alkyl carbamates (subject to hydrolysis) is 1. The monoisotopic (exact) mass is 571 g/mol. The topological polar surface area (TPSA) is 110 Å². The molecule has 0 saturated heterocycles. The summed E-state index contributed by atoms with van der Waals surface area (Å²) >= 11 is 0. The van der Waals surface area contributed by atoms with E-state index < -0.39 is 32.3 Å². The van der Waals surface area contributed by atoms with Crippen molar-refractivity contribution in [2.75, 3.05) is 13.2 Å². The van der Waals surface area contributed by atoms with Gasteiger partial charge in [-0.1, -0.05) is 118 Å². The normalized spacial score (nSPS) is 12.9. The quantitative estimate of drug-likeness (QED) is 0.102. The summed E-state index contributed by atoms with van der Waals surface area (Å²) in [7, 11) is -2.99. The molecule has 2 atom stereocenters. The van der Waals surface area contributed by atoms with Crippen molar-refractivity contribution in [2.24, 2.45) is 0 Å². The molecular formula is C32H37N3O5Si. The maximum Gasteiger partial charge on any atom is 0.408 e. The lowest BCUT2D eigenvalue weighted by atomic mass is 10.1. The van der Waals surface area contributed by atoms with E-state index in [0.717, 1.165) is 22.2 Å². The molecule has 8 nitrogen and oxygen atoms in total. The highest BCUT2D eigenvalue weighted by atomic mass is 28.4. The van der Waals surface area contributed by atoms with Gasteiger partial charge in [0.25, 0.3) is 14.1 Å². The number of rotatable bonds is 14. The molecule has 0 aliphatic carbocycles. The third kappa shape index (κ3) is 8.19. The van der Waals surface area contributed by atoms with Crippen molar-refractivity contribution < 1.29 is 28.3 Å². The first-order valence-electron chi connectivity index (χ1n) is 13.4. The van der Waals surface area contributed by atoms with Crippen LogP contribution in [-0.4, -0.2) is 56.6 Å². The summed E-state index contributed by atoms with van der Waals surface area (Å²) < 4.78 is 18.3. The molecule has 9 heteroatoms. The third-order valence-electron chi connectivity index (χ3n) is 6.66. The van der Waals surface area contributed by atoms with E-state index in [1.54, 1.807) is 6.08 Å². The van der Waals surface area contributed by atoms with Crippen LogP contribution in [-0.2, 0) is 25.3 Å². The zero-order valence-corrected chi connectivity index (χ0v) is 24.7. The van der Waals surface area contributed by atoms with Crippen LogP contribution in [0.5, 0.6) is 0 Å². The summed E-state index contributed by atoms with van der Waals surface area (Å²) in [6.07, 6.45) is 0.501. The smallest absolute Gasteiger partial charge is 0.408 e. The van der Waals surface area contributed by atoms with Crippen LogP contribution in [0.15, 0.2) is 104 Å². The Bertz CT molecular complexity index is 1280. The van der Waals surface area contributed by atoms with Gasteiger partial charge in [0.1, 0.15) is 18.8 Å². The molecule has 0 spiro atoms. The second-order valence-electron chi connectivity index (χ2n) is 10.5. The summed E-state index contributed by atoms with van der Waals surface area (Å²) in [5, 5.41) is 4.38. The first-order valence-corrected chi connectivity index (χ1v) is 15.3. The fourth-order valence-corrected chi connectivity index (χ4v) is 9.35. The standard InChI is InChI=1S/C32H37N3O5Si/c1-5-21-38-29(30(28(36)22-34-33)35-31(37)39-23-25-15-9-6-10-16-25)24-40-41(32(2,3)4,26-17-11-7-12-18-26)27-19-13-8-14-20-27/h5-20,22,29-30H,1,21,23-24H2,2-4H3,(H,35,37)/t29?,30-/m1/s1. The van der Waals surface area contributed by atoms with Gasteiger partial charge in [-0.05, 0) is 21.0 Å². The first kappa shape index (κ1) is 31.4. The molecule has 0 aromatic heterocycles. The Balaban J connectivity index is 1.97. The van der Waals surface area contributed by atoms with Crippen molar-refractivity contribution in [1.82, 2.24) is 5.32 Å². The summed E-state index contributed by atoms with van der Waals surface area (Å²) in [5.74, 6) is -0.677. The summed E-state index contributed by atoms with van der Waals surface area (Å²) in [5.41, 5.74) is 9.90. The number of nitrogens with zero attached hydrogens (tertiary/aromatic N) is 2. The van der Waals surface area contributed by atoms with Gasteiger partial charge in [0.15, 0.2) is 0 Å². The van der Waals surface area contributed by atoms with Crippen molar-refractivity contribution in [3.05, 3.63) is 115 Å². The molecule has 1 N–H and O–H groups in total. The molecule has 41 heavy (non-hydrogen) atoms. The molecule has 3 aromatic carbocycles. The largest absolute Gasteiger partial charge is 0.445 e. The van der Waals surface area contributed by atoms with Gasteiger partial charge >= 0.3 is 12.3 Å². The summed E-state index contributed by atoms with van der Waals surface area (Å²) in [6.45, 7) is 10.2. The van der Waals surface area contributed by atoms with Crippen LogP contribution >= 0.6 is 0 Å². The minimum Gasteiger partial charge on any atom is -0.445 e. The Morgan fingerprint density at radius 1 is 0.951 bits per heavy atom. The van der Waals surface area contributed by atoms with Crippen LogP contribution < -0.4 is 15.7 Å². The number of hydrogen-bond donors (Lipinski definition) is 1. The number of ketones is 1. The van der Waals surface area contributed by atoms with Crippen LogP contribution in [0.25, 0.3) is 5.53 Å². The minimum atomic E-state index is -2.99. The molecule has 1 unspecified atom stereocenters. The Hall–Kier alpha value is -4.14. The molecular weight excluding hydrogens is 534 g/mol. The van der Waals surface area contributed by atoms with Gasteiger partial charge in [-0.15, -0.1) is 6.58 Å². The van der Waals surface area contributed by atoms with Crippen molar-refractivity contribution in [2.45, 2.75) is 44.6 Å². The lowest BCUT2D eigenvalue weighted by molar-refractivity contribution is -0.122. The van der Waals surface area contributed by atoms with Crippen LogP contribution in [0.4, 0.5) is 4.79 Å². The van der Waals surface area contributed by atoms with Crippen molar-refractivity contribution in [3.8, 4) is 0 Å². The number of carbonyl (C=O) groups excluding carboxylic acids is 2. The zero-order chi connectivity index (χ0) is 29.7. The fourth-order valence-electron chi connectivity index (χ4n) is 4.78. The SMILES string of the molecule is C=CCOC(CO[Si](c1ccccc1)(c1ccccc1)C(C)(C)C)[C@H](NC(=O)OCc1ccccc1)C(=O)C=[N+]=[N-]. The fraction of sp³-hybridized carbons (Fsp3) is 0.281. The molecule has 0 fully saturated rings. The Morgan fingerprint density at radius 3 is 1.98 bits per heavy atom. The van der Waals surface area contributed by atoms with E-state index >= 15 is 0 Å². The molecule has 1 amide bonds. The number of ether oxygens (including phenoxy) is 2. The van der Waals surface area contributed by atoms with Crippen LogP contribution in [0.3, 0.4) is 0 Å². The molecule has 0 aliphatic heterocycles. The molecule has 3 rings (SSSR count). The number of hydrogen-bond acceptors (Lipinski definition) is 5. The molecule has 0 radical (unpaired) electrons. The molecule has 0 bridgehead atoms. The number of amides is 1. The molecule has 0 aliphatic rings. The van der Waals surface area contributed by atoms with Crippen LogP contribution in [0.1, 0.15) is 26.3 Å². The highest BCUT2D eigenvalue weighted by Gasteiger charge is 2.51. The Morgan fingerprint density at radius 2 is 1.49 bits per heavy atom. The maximum atomic E-state index is 13.1. The van der Waals surface area contributed by atoms with Gasteiger partial charge in [0, 0.05) is 0 Å². The first-order chi connectivity index (χ1) is 19.7. The van der Waals surface area contributed by atoms with Gasteiger partial charge in [0.2, 0.25) is 0 Å². The molecule has 214 valence electrons. The predicted octanol–water partition coefficient (Wildman–Crippen LogP) is 4.30. The summed E-state index contributed by atoms with van der Waals surface area (Å²) in [4.78, 5) is 28.8. The van der Waals surface area contributed by atoms with E-state index in [4.69, 9.17) is 19.4 Å². The second kappa shape index (κ2) is 15.0. The van der Waals surface area contributed by atoms with E-state index in [1.807, 2.05) is 66.7 Å². The van der Waals surface area contributed by atoms with E-state index in [-0.39, 0.29) is 24.9 Å². The van der Waals surface area contributed by atoms with Gasteiger partial charge in [-0.3, -0.25) is 4.79 Å². The van der Waals surface area contributed by atoms with Crippen molar-refractivity contribution in [1.29, 1.82) is 0 Å². The molecule has 0 saturated carbocycles. The zero-order valence-electron chi connectivity index (χ0n) is 23.7.